The number of nitrogens with one attached hydrogen (secondary N) is 2. The number of aromatic nitrogens is 1. The van der Waals surface area contributed by atoms with Gasteiger partial charge in [-0.2, -0.15) is 0 Å². The highest BCUT2D eigenvalue weighted by Crippen LogP contribution is 2.28. The molecule has 2 heterocycles. The van der Waals surface area contributed by atoms with E-state index in [0.29, 0.717) is 27.5 Å². The molecule has 5 N–H and O–H groups in total. The molecule has 0 aliphatic heterocycles. The summed E-state index contributed by atoms with van der Waals surface area (Å²) < 4.78 is 5.34. The number of aromatic hydroxyl groups is 2. The third-order valence-electron chi connectivity index (χ3n) is 5.82. The average molecular weight is 450 g/mol. The van der Waals surface area contributed by atoms with E-state index in [1.54, 1.807) is 32.2 Å². The van der Waals surface area contributed by atoms with E-state index in [0.717, 1.165) is 5.52 Å². The maximum atomic E-state index is 12.7. The summed E-state index contributed by atoms with van der Waals surface area (Å²) in [6, 6.07) is 6.54. The standard InChI is InChI=1S/C24H22N2O7/c1-11-15-4-6-20(28)12(2)22(15)33-24(32)16(11)9-21(29)26-19(23(30)31)7-13-10-25-18-5-3-14(27)8-17(13)18/h3-6,8,10,19,25,27-28H,7,9H2,1-2H3,(H,26,29)(H,30,31)/t19-/m0/s1. The number of aliphatic carboxylic acids is 1. The minimum absolute atomic E-state index is 0.00885. The predicted octanol–water partition coefficient (Wildman–Crippen LogP) is 2.66. The molecule has 0 bridgehead atoms. The quantitative estimate of drug-likeness (QED) is 0.283. The zero-order chi connectivity index (χ0) is 23.9. The first-order valence-corrected chi connectivity index (χ1v) is 10.2. The highest BCUT2D eigenvalue weighted by atomic mass is 16.4. The van der Waals surface area contributed by atoms with Crippen molar-refractivity contribution in [3.05, 3.63) is 69.2 Å². The molecule has 33 heavy (non-hydrogen) atoms. The normalized spacial score (nSPS) is 12.2. The Hall–Kier alpha value is -4.27. The molecule has 0 saturated carbocycles. The van der Waals surface area contributed by atoms with Gasteiger partial charge in [0.15, 0.2) is 0 Å². The summed E-state index contributed by atoms with van der Waals surface area (Å²) in [5.74, 6) is -1.84. The van der Waals surface area contributed by atoms with Crippen molar-refractivity contribution in [3.63, 3.8) is 0 Å². The molecular formula is C24H22N2O7. The van der Waals surface area contributed by atoms with Crippen molar-refractivity contribution in [3.8, 4) is 11.5 Å². The molecule has 170 valence electrons. The van der Waals surface area contributed by atoms with E-state index in [1.165, 1.54) is 18.2 Å². The number of amides is 1. The molecule has 2 aromatic carbocycles. The molecule has 2 aromatic heterocycles. The van der Waals surface area contributed by atoms with Crippen molar-refractivity contribution in [1.29, 1.82) is 0 Å². The summed E-state index contributed by atoms with van der Waals surface area (Å²) >= 11 is 0. The molecule has 4 aromatic rings. The van der Waals surface area contributed by atoms with Crippen molar-refractivity contribution in [1.82, 2.24) is 10.3 Å². The zero-order valence-corrected chi connectivity index (χ0v) is 17.9. The third-order valence-corrected chi connectivity index (χ3v) is 5.82. The van der Waals surface area contributed by atoms with Crippen LogP contribution in [0.3, 0.4) is 0 Å². The molecule has 0 unspecified atom stereocenters. The molecule has 0 spiro atoms. The first-order valence-electron chi connectivity index (χ1n) is 10.2. The fraction of sp³-hybridized carbons (Fsp3) is 0.208. The van der Waals surface area contributed by atoms with Gasteiger partial charge in [-0.1, -0.05) is 0 Å². The van der Waals surface area contributed by atoms with Crippen LogP contribution in [0, 0.1) is 13.8 Å². The van der Waals surface area contributed by atoms with E-state index < -0.39 is 23.5 Å². The van der Waals surface area contributed by atoms with Crippen LogP contribution in [0.1, 0.15) is 22.3 Å². The molecule has 0 aliphatic carbocycles. The molecule has 1 amide bonds. The van der Waals surface area contributed by atoms with Gasteiger partial charge in [0.25, 0.3) is 0 Å². The molecule has 0 aliphatic rings. The second-order valence-corrected chi connectivity index (χ2v) is 7.96. The van der Waals surface area contributed by atoms with E-state index in [-0.39, 0.29) is 35.5 Å². The topological polar surface area (TPSA) is 153 Å². The Morgan fingerprint density at radius 3 is 2.58 bits per heavy atom. The van der Waals surface area contributed by atoms with E-state index >= 15 is 0 Å². The maximum Gasteiger partial charge on any atom is 0.340 e. The van der Waals surface area contributed by atoms with E-state index in [9.17, 15) is 29.7 Å². The Morgan fingerprint density at radius 2 is 1.85 bits per heavy atom. The molecule has 9 nitrogen and oxygen atoms in total. The number of hydrogen-bond donors (Lipinski definition) is 5. The number of rotatable bonds is 6. The lowest BCUT2D eigenvalue weighted by Crippen LogP contribution is -2.43. The van der Waals surface area contributed by atoms with Gasteiger partial charge in [-0.25, -0.2) is 9.59 Å². The number of hydrogen-bond acceptors (Lipinski definition) is 6. The number of carbonyl (C=O) groups is 2. The van der Waals surface area contributed by atoms with Gasteiger partial charge in [-0.3, -0.25) is 4.79 Å². The molecule has 4 rings (SSSR count). The lowest BCUT2D eigenvalue weighted by Gasteiger charge is -2.15. The molecule has 9 heteroatoms. The first kappa shape index (κ1) is 21.9. The largest absolute Gasteiger partial charge is 0.508 e. The monoisotopic (exact) mass is 450 g/mol. The minimum Gasteiger partial charge on any atom is -0.508 e. The van der Waals surface area contributed by atoms with Gasteiger partial charge in [-0.15, -0.1) is 0 Å². The summed E-state index contributed by atoms with van der Waals surface area (Å²) in [6.07, 6.45) is 1.25. The van der Waals surface area contributed by atoms with Gasteiger partial charge in [0.1, 0.15) is 23.1 Å². The highest BCUT2D eigenvalue weighted by Gasteiger charge is 2.24. The van der Waals surface area contributed by atoms with Gasteiger partial charge < -0.3 is 30.0 Å². The number of phenolic OH excluding ortho intramolecular Hbond substituents is 2. The lowest BCUT2D eigenvalue weighted by atomic mass is 10.0. The fourth-order valence-corrected chi connectivity index (χ4v) is 3.94. The Balaban J connectivity index is 1.58. The van der Waals surface area contributed by atoms with Gasteiger partial charge in [0.2, 0.25) is 5.91 Å². The van der Waals surface area contributed by atoms with Crippen LogP contribution >= 0.6 is 0 Å². The van der Waals surface area contributed by atoms with Crippen molar-refractivity contribution >= 4 is 33.7 Å². The second kappa shape index (κ2) is 8.34. The van der Waals surface area contributed by atoms with Gasteiger partial charge in [0, 0.05) is 34.5 Å². The number of carboxylic acids is 1. The average Bonchev–Trinajstić information content (AvgIpc) is 3.15. The first-order chi connectivity index (χ1) is 15.7. The number of fused-ring (bicyclic) bond motifs is 2. The Morgan fingerprint density at radius 1 is 1.09 bits per heavy atom. The molecule has 0 fully saturated rings. The number of aromatic amines is 1. The Labute approximate surface area is 187 Å². The predicted molar refractivity (Wildman–Crippen MR) is 121 cm³/mol. The van der Waals surface area contributed by atoms with Crippen molar-refractivity contribution in [2.75, 3.05) is 0 Å². The van der Waals surface area contributed by atoms with Gasteiger partial charge in [0.05, 0.1) is 12.0 Å². The number of aryl methyl sites for hydroxylation is 2. The minimum atomic E-state index is -1.24. The van der Waals surface area contributed by atoms with Crippen molar-refractivity contribution < 1.29 is 29.3 Å². The SMILES string of the molecule is Cc1c(CC(=O)N[C@@H](Cc2c[nH]c3ccc(O)cc23)C(=O)O)c(=O)oc2c(C)c(O)ccc12. The van der Waals surface area contributed by atoms with Gasteiger partial charge in [-0.05, 0) is 55.3 Å². The summed E-state index contributed by atoms with van der Waals surface area (Å²) in [4.78, 5) is 40.0. The van der Waals surface area contributed by atoms with Crippen LogP contribution in [0.5, 0.6) is 11.5 Å². The fourth-order valence-electron chi connectivity index (χ4n) is 3.94. The molecule has 0 saturated heterocycles. The summed E-state index contributed by atoms with van der Waals surface area (Å²) in [5.41, 5.74) is 1.92. The van der Waals surface area contributed by atoms with Crippen LogP contribution in [0.2, 0.25) is 0 Å². The second-order valence-electron chi connectivity index (χ2n) is 7.96. The lowest BCUT2D eigenvalue weighted by molar-refractivity contribution is -0.141. The van der Waals surface area contributed by atoms with Crippen LogP contribution < -0.4 is 10.9 Å². The number of carbonyl (C=O) groups excluding carboxylic acids is 1. The van der Waals surface area contributed by atoms with Gasteiger partial charge >= 0.3 is 11.6 Å². The van der Waals surface area contributed by atoms with E-state index in [2.05, 4.69) is 10.3 Å². The smallest absolute Gasteiger partial charge is 0.340 e. The van der Waals surface area contributed by atoms with E-state index in [4.69, 9.17) is 4.42 Å². The summed E-state index contributed by atoms with van der Waals surface area (Å²) in [6.45, 7) is 3.29. The van der Waals surface area contributed by atoms with E-state index in [1.807, 2.05) is 0 Å². The van der Waals surface area contributed by atoms with Crippen LogP contribution in [0.4, 0.5) is 0 Å². The maximum absolute atomic E-state index is 12.7. The number of benzene rings is 2. The molecular weight excluding hydrogens is 428 g/mol. The number of carboxylic acid groups (broad SMARTS) is 1. The molecule has 0 radical (unpaired) electrons. The van der Waals surface area contributed by atoms with Crippen LogP contribution in [0.25, 0.3) is 21.9 Å². The van der Waals surface area contributed by atoms with Crippen LogP contribution in [-0.2, 0) is 22.4 Å². The van der Waals surface area contributed by atoms with Crippen LogP contribution in [-0.4, -0.2) is 38.2 Å². The number of phenols is 2. The molecule has 1 atom stereocenters. The zero-order valence-electron chi connectivity index (χ0n) is 17.9. The third kappa shape index (κ3) is 4.12. The highest BCUT2D eigenvalue weighted by molar-refractivity contribution is 5.90. The summed E-state index contributed by atoms with van der Waals surface area (Å²) in [7, 11) is 0. The van der Waals surface area contributed by atoms with Crippen LogP contribution in [0.15, 0.2) is 45.7 Å². The Bertz CT molecular complexity index is 1470. The van der Waals surface area contributed by atoms with Crippen molar-refractivity contribution in [2.24, 2.45) is 0 Å². The van der Waals surface area contributed by atoms with Crippen molar-refractivity contribution in [2.45, 2.75) is 32.7 Å². The number of H-pyrrole nitrogens is 1. The summed E-state index contributed by atoms with van der Waals surface area (Å²) in [5, 5.41) is 32.9. The Kier molecular flexibility index (Phi) is 5.55.